The van der Waals surface area contributed by atoms with Gasteiger partial charge in [-0.1, -0.05) is 189 Å². The van der Waals surface area contributed by atoms with E-state index in [4.69, 9.17) is 0 Å². The van der Waals surface area contributed by atoms with E-state index >= 15 is 0 Å². The van der Waals surface area contributed by atoms with Gasteiger partial charge in [-0.15, -0.1) is 0 Å². The zero-order valence-electron chi connectivity index (χ0n) is 30.1. The first-order valence-corrected chi connectivity index (χ1v) is 19.5. The van der Waals surface area contributed by atoms with Crippen LogP contribution in [0.25, 0.3) is 34.4 Å². The maximum atomic E-state index is 2.60. The van der Waals surface area contributed by atoms with Gasteiger partial charge < -0.3 is 0 Å². The molecular weight excluding hydrogens is 581 g/mol. The predicted octanol–water partition coefficient (Wildman–Crippen LogP) is 13.4. The Morgan fingerprint density at radius 3 is 1.23 bits per heavy atom. The highest BCUT2D eigenvalue weighted by Gasteiger charge is 2.33. The lowest BCUT2D eigenvalue weighted by Gasteiger charge is -2.27. The predicted molar refractivity (Wildman–Crippen MR) is 208 cm³/mol. The van der Waals surface area contributed by atoms with Crippen molar-refractivity contribution >= 4 is 21.7 Å². The van der Waals surface area contributed by atoms with Gasteiger partial charge in [-0.3, -0.25) is 0 Å². The highest BCUT2D eigenvalue weighted by atomic mass is 28.2. The Balaban J connectivity index is 1.34. The monoisotopic (exact) mass is 634 g/mol. The first-order valence-electron chi connectivity index (χ1n) is 18.1. The first-order chi connectivity index (χ1) is 22.5. The lowest BCUT2D eigenvalue weighted by Crippen LogP contribution is -2.15. The fraction of sp³-hybridized carbons (Fsp3) is 0.391. The van der Waals surface area contributed by atoms with Crippen molar-refractivity contribution in [3.8, 4) is 22.3 Å². The minimum Gasteiger partial charge on any atom is -0.0651 e. The van der Waals surface area contributed by atoms with Gasteiger partial charge in [0.25, 0.3) is 0 Å². The number of hydrogen-bond donors (Lipinski definition) is 0. The lowest BCUT2D eigenvalue weighted by atomic mass is 9.78. The second-order valence-electron chi connectivity index (χ2n) is 15.9. The summed E-state index contributed by atoms with van der Waals surface area (Å²) in [6, 6.07) is 34.7. The number of hydrogen-bond acceptors (Lipinski definition) is 0. The van der Waals surface area contributed by atoms with Gasteiger partial charge in [0.2, 0.25) is 0 Å². The van der Waals surface area contributed by atoms with Crippen LogP contribution in [0.3, 0.4) is 0 Å². The van der Waals surface area contributed by atoms with Crippen LogP contribution in [0.15, 0.2) is 96.1 Å². The van der Waals surface area contributed by atoms with E-state index in [1.807, 2.05) is 0 Å². The standard InChI is InChI=1S/C46H54Si/c1-9-17-33-27-37-35(23-25-41(45(3,4)5)43(37)31-19-13-11-14-20-31)39(33)29-47-30-40-34(18-10-2)28-38-36(40)24-26-42(46(6,7)8)44(38)32-21-15-12-16-22-32/h11-16,19-28,39-40H,9-10,17-18,29-30H2,1-8H3. The van der Waals surface area contributed by atoms with E-state index in [1.54, 1.807) is 22.3 Å². The first kappa shape index (κ1) is 33.5. The van der Waals surface area contributed by atoms with Crippen LogP contribution in [0.4, 0.5) is 0 Å². The topological polar surface area (TPSA) is 0 Å². The second kappa shape index (κ2) is 13.6. The molecule has 2 atom stereocenters. The summed E-state index contributed by atoms with van der Waals surface area (Å²) in [6.45, 7) is 18.9. The molecule has 0 nitrogen and oxygen atoms in total. The molecule has 0 saturated heterocycles. The van der Waals surface area contributed by atoms with Gasteiger partial charge in [0, 0.05) is 21.4 Å². The highest BCUT2D eigenvalue weighted by molar-refractivity contribution is 6.36. The molecule has 4 aromatic rings. The van der Waals surface area contributed by atoms with Gasteiger partial charge in [-0.2, -0.15) is 0 Å². The molecule has 2 radical (unpaired) electrons. The van der Waals surface area contributed by atoms with Crippen LogP contribution in [0.2, 0.25) is 12.1 Å². The van der Waals surface area contributed by atoms with Crippen LogP contribution < -0.4 is 0 Å². The third-order valence-corrected chi connectivity index (χ3v) is 11.8. The molecule has 0 fully saturated rings. The van der Waals surface area contributed by atoms with Crippen LogP contribution in [0.1, 0.15) is 126 Å². The van der Waals surface area contributed by atoms with Crippen molar-refractivity contribution in [1.29, 1.82) is 0 Å². The van der Waals surface area contributed by atoms with Crippen LogP contribution in [-0.4, -0.2) is 9.52 Å². The molecule has 6 rings (SSSR count). The minimum absolute atomic E-state index is 0.0855. The molecule has 2 aliphatic carbocycles. The Morgan fingerprint density at radius 1 is 0.511 bits per heavy atom. The molecule has 0 saturated carbocycles. The summed E-state index contributed by atoms with van der Waals surface area (Å²) >= 11 is 0. The Kier molecular flexibility index (Phi) is 9.68. The third-order valence-electron chi connectivity index (χ3n) is 10.4. The molecule has 2 unspecified atom stereocenters. The molecule has 0 N–H and O–H groups in total. The molecule has 0 aliphatic heterocycles. The van der Waals surface area contributed by atoms with Gasteiger partial charge in [0.1, 0.15) is 0 Å². The zero-order valence-corrected chi connectivity index (χ0v) is 31.1. The van der Waals surface area contributed by atoms with Crippen molar-refractivity contribution in [3.05, 3.63) is 129 Å². The van der Waals surface area contributed by atoms with Crippen molar-refractivity contribution in [2.75, 3.05) is 0 Å². The van der Waals surface area contributed by atoms with Crippen LogP contribution >= 0.6 is 0 Å². The summed E-state index contributed by atoms with van der Waals surface area (Å²) in [5, 5.41) is 0. The molecular formula is C46H54Si. The van der Waals surface area contributed by atoms with E-state index in [2.05, 4.69) is 152 Å². The Bertz CT molecular complexity index is 1640. The van der Waals surface area contributed by atoms with Crippen LogP contribution in [-0.2, 0) is 10.8 Å². The molecule has 47 heavy (non-hydrogen) atoms. The van der Waals surface area contributed by atoms with E-state index < -0.39 is 0 Å². The Labute approximate surface area is 288 Å². The number of allylic oxidation sites excluding steroid dienone is 2. The zero-order chi connectivity index (χ0) is 33.3. The van der Waals surface area contributed by atoms with E-state index in [0.29, 0.717) is 11.8 Å². The summed E-state index contributed by atoms with van der Waals surface area (Å²) < 4.78 is 0. The SMILES string of the molecule is CCCC1=Cc2c(ccc(C(C)(C)C)c2-c2ccccc2)C1C[Si]CC1C(CCC)=Cc2c1ccc(C(C)(C)C)c2-c1ccccc1. The van der Waals surface area contributed by atoms with Gasteiger partial charge in [-0.05, 0) is 79.3 Å². The minimum atomic E-state index is 0.0855. The molecule has 0 bridgehead atoms. The fourth-order valence-corrected chi connectivity index (χ4v) is 9.88. The van der Waals surface area contributed by atoms with E-state index in [-0.39, 0.29) is 10.8 Å². The summed E-state index contributed by atoms with van der Waals surface area (Å²) in [5.41, 5.74) is 18.1. The number of benzene rings is 4. The number of rotatable bonds is 10. The molecule has 0 heterocycles. The largest absolute Gasteiger partial charge is 0.0651 e. The Hall–Kier alpha value is -3.42. The normalized spacial score (nSPS) is 17.4. The molecule has 1 heteroatoms. The van der Waals surface area contributed by atoms with Crippen molar-refractivity contribution in [2.24, 2.45) is 0 Å². The van der Waals surface area contributed by atoms with Gasteiger partial charge >= 0.3 is 0 Å². The third kappa shape index (κ3) is 6.66. The average molecular weight is 635 g/mol. The lowest BCUT2D eigenvalue weighted by molar-refractivity contribution is 0.591. The molecule has 4 aromatic carbocycles. The molecule has 242 valence electrons. The smallest absolute Gasteiger partial charge is 0.0397 e. The molecule has 0 amide bonds. The van der Waals surface area contributed by atoms with Gasteiger partial charge in [-0.25, -0.2) is 0 Å². The highest BCUT2D eigenvalue weighted by Crippen LogP contribution is 2.50. The van der Waals surface area contributed by atoms with Gasteiger partial charge in [0.05, 0.1) is 0 Å². The molecule has 0 aromatic heterocycles. The summed E-state index contributed by atoms with van der Waals surface area (Å²) in [5.74, 6) is 1.06. The number of fused-ring (bicyclic) bond motifs is 2. The van der Waals surface area contributed by atoms with E-state index in [0.717, 1.165) is 9.52 Å². The quantitative estimate of drug-likeness (QED) is 0.152. The summed E-state index contributed by atoms with van der Waals surface area (Å²) in [6.07, 6.45) is 9.96. The second-order valence-corrected chi connectivity index (χ2v) is 17.2. The summed E-state index contributed by atoms with van der Waals surface area (Å²) in [7, 11) is 0.923. The van der Waals surface area contributed by atoms with Crippen molar-refractivity contribution < 1.29 is 0 Å². The maximum Gasteiger partial charge on any atom is 0.0397 e. The van der Waals surface area contributed by atoms with E-state index in [9.17, 15) is 0 Å². The fourth-order valence-electron chi connectivity index (χ4n) is 8.17. The van der Waals surface area contributed by atoms with E-state index in [1.165, 1.54) is 82.3 Å². The molecule has 2 aliphatic rings. The molecule has 0 spiro atoms. The summed E-state index contributed by atoms with van der Waals surface area (Å²) in [4.78, 5) is 0. The van der Waals surface area contributed by atoms with Crippen molar-refractivity contribution in [1.82, 2.24) is 0 Å². The van der Waals surface area contributed by atoms with Gasteiger partial charge in [0.15, 0.2) is 0 Å². The van der Waals surface area contributed by atoms with Crippen LogP contribution in [0.5, 0.6) is 0 Å². The van der Waals surface area contributed by atoms with Crippen molar-refractivity contribution in [2.45, 2.75) is 116 Å². The maximum absolute atomic E-state index is 2.60. The average Bonchev–Trinajstić information content (AvgIpc) is 3.57. The van der Waals surface area contributed by atoms with Crippen molar-refractivity contribution in [3.63, 3.8) is 0 Å². The Morgan fingerprint density at radius 2 is 0.894 bits per heavy atom. The van der Waals surface area contributed by atoms with Crippen LogP contribution in [0, 0.1) is 0 Å².